The van der Waals surface area contributed by atoms with E-state index in [1.807, 2.05) is 53.0 Å². The van der Waals surface area contributed by atoms with Crippen molar-refractivity contribution in [2.45, 2.75) is 128 Å². The number of thiophene rings is 1. The van der Waals surface area contributed by atoms with E-state index in [1.165, 1.54) is 40.0 Å². The summed E-state index contributed by atoms with van der Waals surface area (Å²) in [5, 5.41) is 2.22. The van der Waals surface area contributed by atoms with E-state index in [2.05, 4.69) is 163 Å². The molecule has 3 aliphatic rings. The molecule has 1 aliphatic carbocycles. The molecule has 0 saturated heterocycles. The molecule has 70 heavy (non-hydrogen) atoms. The molecule has 7 rings (SSSR count). The lowest BCUT2D eigenvalue weighted by Crippen LogP contribution is -2.20. The Morgan fingerprint density at radius 1 is 0.757 bits per heavy atom. The highest BCUT2D eigenvalue weighted by molar-refractivity contribution is 8.68. The predicted molar refractivity (Wildman–Crippen MR) is 316 cm³/mol. The van der Waals surface area contributed by atoms with E-state index in [9.17, 15) is 8.78 Å². The van der Waals surface area contributed by atoms with Crippen LogP contribution < -0.4 is 9.80 Å². The molecule has 0 bridgehead atoms. The molecule has 0 saturated carbocycles. The van der Waals surface area contributed by atoms with Crippen molar-refractivity contribution in [2.24, 2.45) is 0 Å². The SMILES string of the molecule is C=C1/C=C(C)\C=C/N(c2csc(-c3cc(F)ccc3CCCCCc3ccc(F)cc3/C(C)=C/C(=C\C)N3/C=C\C(C)=C/C(=C)c4cc(C)ccc43)c2C)C2=C1C=C(C)CC2.CC.CC.CSS.[B]C. The van der Waals surface area contributed by atoms with Gasteiger partial charge in [-0.05, 0) is 204 Å². The number of halogens is 2. The number of nitrogens with zero attached hydrogens (tertiary/aromatic N) is 2. The van der Waals surface area contributed by atoms with Crippen molar-refractivity contribution >= 4 is 64.2 Å². The van der Waals surface area contributed by atoms with E-state index >= 15 is 0 Å². The summed E-state index contributed by atoms with van der Waals surface area (Å²) in [4.78, 5) is 5.64. The number of rotatable bonds is 11. The molecular weight excluding hydrogens is 918 g/mol. The van der Waals surface area contributed by atoms with E-state index in [1.54, 1.807) is 35.6 Å². The largest absolute Gasteiger partial charge is 0.319 e. The van der Waals surface area contributed by atoms with Crippen LogP contribution in [0.25, 0.3) is 21.6 Å². The van der Waals surface area contributed by atoms with Crippen molar-refractivity contribution < 1.29 is 8.78 Å². The number of aryl methyl sites for hydroxylation is 3. The first-order chi connectivity index (χ1) is 33.7. The zero-order chi connectivity index (χ0) is 52.1. The molecular formula is C62H77BF2N2S3. The summed E-state index contributed by atoms with van der Waals surface area (Å²) in [7, 11) is 5.94. The molecule has 370 valence electrons. The van der Waals surface area contributed by atoms with Crippen LogP contribution in [0.4, 0.5) is 20.2 Å². The molecule has 4 aromatic rings. The van der Waals surface area contributed by atoms with Gasteiger partial charge in [0.1, 0.15) is 11.6 Å². The maximum Gasteiger partial charge on any atom is 0.123 e. The second-order valence-electron chi connectivity index (χ2n) is 17.0. The average molecular weight is 995 g/mol. The summed E-state index contributed by atoms with van der Waals surface area (Å²) in [6.07, 6.45) is 27.8. The van der Waals surface area contributed by atoms with Crippen molar-refractivity contribution in [3.05, 3.63) is 212 Å². The fraction of sp³-hybridized carbons (Fsp3) is 0.323. The highest BCUT2D eigenvalue weighted by Crippen LogP contribution is 2.44. The summed E-state index contributed by atoms with van der Waals surface area (Å²) in [5.74, 6) is -0.460. The van der Waals surface area contributed by atoms with Gasteiger partial charge in [-0.25, -0.2) is 8.78 Å². The van der Waals surface area contributed by atoms with Gasteiger partial charge < -0.3 is 9.80 Å². The molecule has 8 heteroatoms. The summed E-state index contributed by atoms with van der Waals surface area (Å²) in [6, 6.07) is 16.9. The zero-order valence-corrected chi connectivity index (χ0v) is 46.9. The molecule has 0 atom stereocenters. The molecule has 0 N–H and O–H groups in total. The third-order valence-electron chi connectivity index (χ3n) is 12.0. The number of fused-ring (bicyclic) bond motifs is 1. The Kier molecular flexibility index (Phi) is 25.4. The molecule has 3 heterocycles. The van der Waals surface area contributed by atoms with Gasteiger partial charge in [-0.1, -0.05) is 108 Å². The maximum absolute atomic E-state index is 15.0. The van der Waals surface area contributed by atoms with Crippen LogP contribution in [0.2, 0.25) is 6.82 Å². The topological polar surface area (TPSA) is 6.48 Å². The van der Waals surface area contributed by atoms with Gasteiger partial charge in [0, 0.05) is 45.2 Å². The molecule has 2 nitrogen and oxygen atoms in total. The Balaban J connectivity index is 0.00000135. The molecule has 0 unspecified atom stereocenters. The van der Waals surface area contributed by atoms with E-state index in [-0.39, 0.29) is 11.6 Å². The lowest BCUT2D eigenvalue weighted by atomic mass is 9.90. The highest BCUT2D eigenvalue weighted by atomic mass is 33.1. The highest BCUT2D eigenvalue weighted by Gasteiger charge is 2.24. The van der Waals surface area contributed by atoms with Gasteiger partial charge in [0.05, 0.1) is 19.2 Å². The van der Waals surface area contributed by atoms with Gasteiger partial charge in [0.25, 0.3) is 0 Å². The number of anilines is 2. The van der Waals surface area contributed by atoms with Crippen LogP contribution in [0.1, 0.15) is 128 Å². The van der Waals surface area contributed by atoms with Gasteiger partial charge in [-0.2, -0.15) is 0 Å². The Labute approximate surface area is 437 Å². The Morgan fingerprint density at radius 2 is 1.36 bits per heavy atom. The van der Waals surface area contributed by atoms with Gasteiger partial charge in [0.15, 0.2) is 0 Å². The van der Waals surface area contributed by atoms with Crippen LogP contribution in [-0.2, 0) is 12.8 Å². The van der Waals surface area contributed by atoms with Crippen molar-refractivity contribution in [3.8, 4) is 10.4 Å². The van der Waals surface area contributed by atoms with E-state index in [0.717, 1.165) is 128 Å². The molecule has 2 radical (unpaired) electrons. The molecule has 0 fully saturated rings. The van der Waals surface area contributed by atoms with Crippen LogP contribution in [0.3, 0.4) is 0 Å². The van der Waals surface area contributed by atoms with Gasteiger partial charge in [-0.3, -0.25) is 0 Å². The standard InChI is InChI=1S/C56H58F2N2S.2C2H6.CH3B.CH4S2/c1-10-48(59-26-24-38(4)28-40(6)50-30-36(2)16-22-53(50)59)32-42(8)49-33-46(57)20-18-44(49)14-12-11-13-15-45-19-21-47(58)34-52(45)56-43(9)55(35-61-56)60-27-25-39(5)29-41(7)51-31-37(3)17-23-54(51)60;3*1-2;1-3-2/h10,16,18-22,24-35H,6-7,11-15,17,23H2,1-5,8-9H3;2*1-2H3;1H3;2H,1H3/b26-24-,27-25-,38-28-,39-29-,42-32+,48-10+;;;;. The van der Waals surface area contributed by atoms with Gasteiger partial charge in [-0.15, -0.1) is 33.8 Å². The van der Waals surface area contributed by atoms with Crippen molar-refractivity contribution in [3.63, 3.8) is 0 Å². The van der Waals surface area contributed by atoms with E-state index in [0.29, 0.717) is 0 Å². The van der Waals surface area contributed by atoms with Crippen molar-refractivity contribution in [2.75, 3.05) is 16.1 Å². The fourth-order valence-electron chi connectivity index (χ4n) is 8.73. The first-order valence-corrected chi connectivity index (χ1v) is 27.8. The van der Waals surface area contributed by atoms with Crippen LogP contribution in [0.5, 0.6) is 0 Å². The zero-order valence-electron chi connectivity index (χ0n) is 44.3. The Bertz CT molecular complexity index is 2690. The normalized spacial score (nSPS) is 16.9. The second kappa shape index (κ2) is 30.0. The number of hydrogen-bond donors (Lipinski definition) is 1. The third-order valence-corrected chi connectivity index (χ3v) is 13.1. The molecule has 2 aliphatic heterocycles. The van der Waals surface area contributed by atoms with Crippen LogP contribution in [0, 0.1) is 25.5 Å². The first kappa shape index (κ1) is 59.3. The van der Waals surface area contributed by atoms with Gasteiger partial charge in [0.2, 0.25) is 0 Å². The minimum atomic E-state index is -0.240. The fourth-order valence-corrected chi connectivity index (χ4v) is 9.84. The van der Waals surface area contributed by atoms with Crippen molar-refractivity contribution in [1.29, 1.82) is 0 Å². The lowest BCUT2D eigenvalue weighted by molar-refractivity contribution is 0.624. The molecule has 3 aromatic carbocycles. The maximum atomic E-state index is 15.0. The number of hydrogen-bond acceptors (Lipinski definition) is 5. The molecule has 1 aromatic heterocycles. The second-order valence-corrected chi connectivity index (χ2v) is 19.4. The number of benzene rings is 3. The number of allylic oxidation sites excluding steroid dienone is 15. The van der Waals surface area contributed by atoms with Gasteiger partial charge >= 0.3 is 0 Å². The minimum Gasteiger partial charge on any atom is -0.319 e. The monoisotopic (exact) mass is 995 g/mol. The quantitative estimate of drug-likeness (QED) is 0.0526. The average Bonchev–Trinajstić information content (AvgIpc) is 3.73. The number of thiol groups is 1. The summed E-state index contributed by atoms with van der Waals surface area (Å²) >= 11 is 5.39. The first-order valence-electron chi connectivity index (χ1n) is 24.7. The Morgan fingerprint density at radius 3 is 2.01 bits per heavy atom. The summed E-state index contributed by atoms with van der Waals surface area (Å²) in [6.45, 7) is 33.1. The third kappa shape index (κ3) is 15.7. The summed E-state index contributed by atoms with van der Waals surface area (Å²) < 4.78 is 29.9. The predicted octanol–water partition coefficient (Wildman–Crippen LogP) is 19.8. The van der Waals surface area contributed by atoms with Crippen LogP contribution in [0.15, 0.2) is 167 Å². The smallest absolute Gasteiger partial charge is 0.123 e. The van der Waals surface area contributed by atoms with Crippen LogP contribution >= 0.6 is 33.8 Å². The van der Waals surface area contributed by atoms with E-state index < -0.39 is 0 Å². The lowest BCUT2D eigenvalue weighted by Gasteiger charge is -2.30. The summed E-state index contributed by atoms with van der Waals surface area (Å²) in [5.41, 5.74) is 19.9. The van der Waals surface area contributed by atoms with Crippen molar-refractivity contribution in [1.82, 2.24) is 0 Å². The molecule has 0 amide bonds. The van der Waals surface area contributed by atoms with Crippen LogP contribution in [-0.4, -0.2) is 14.1 Å². The minimum absolute atomic E-state index is 0.221. The van der Waals surface area contributed by atoms with E-state index in [4.69, 9.17) is 0 Å². The Hall–Kier alpha value is -5.02. The number of unbranched alkanes of at least 4 members (excludes halogenated alkanes) is 2. The molecule has 0 spiro atoms.